The van der Waals surface area contributed by atoms with E-state index in [2.05, 4.69) is 31.9 Å². The first kappa shape index (κ1) is 15.0. The molecule has 1 saturated heterocycles. The van der Waals surface area contributed by atoms with Crippen molar-refractivity contribution in [3.63, 3.8) is 0 Å². The van der Waals surface area contributed by atoms with Gasteiger partial charge in [-0.05, 0) is 37.6 Å². The van der Waals surface area contributed by atoms with Gasteiger partial charge in [0.2, 0.25) is 5.91 Å². The molecule has 0 spiro atoms. The molecule has 1 heterocycles. The first-order valence-electron chi connectivity index (χ1n) is 6.69. The Labute approximate surface area is 126 Å². The van der Waals surface area contributed by atoms with Gasteiger partial charge >= 0.3 is 6.03 Å². The van der Waals surface area contributed by atoms with Crippen molar-refractivity contribution in [2.75, 3.05) is 13.1 Å². The number of benzene rings is 1. The lowest BCUT2D eigenvalue weighted by molar-refractivity contribution is -0.124. The zero-order valence-electron chi connectivity index (χ0n) is 11.1. The van der Waals surface area contributed by atoms with Crippen LogP contribution in [0.25, 0.3) is 0 Å². The van der Waals surface area contributed by atoms with Gasteiger partial charge in [0, 0.05) is 16.9 Å². The van der Waals surface area contributed by atoms with E-state index in [0.29, 0.717) is 6.54 Å². The highest BCUT2D eigenvalue weighted by Gasteiger charge is 2.22. The first-order chi connectivity index (χ1) is 9.66. The fourth-order valence-electron chi connectivity index (χ4n) is 2.16. The van der Waals surface area contributed by atoms with Crippen molar-refractivity contribution in [1.82, 2.24) is 16.0 Å². The van der Waals surface area contributed by atoms with E-state index in [9.17, 15) is 9.59 Å². The number of carbonyl (C=O) groups is 2. The summed E-state index contributed by atoms with van der Waals surface area (Å²) < 4.78 is 0.935. The smallest absolute Gasteiger partial charge is 0.321 e. The van der Waals surface area contributed by atoms with Crippen LogP contribution in [-0.4, -0.2) is 25.0 Å². The van der Waals surface area contributed by atoms with Gasteiger partial charge < -0.3 is 10.6 Å². The van der Waals surface area contributed by atoms with Crippen molar-refractivity contribution in [2.24, 2.45) is 5.92 Å². The summed E-state index contributed by atoms with van der Waals surface area (Å²) in [5.41, 5.74) is 0.969. The highest BCUT2D eigenvalue weighted by molar-refractivity contribution is 9.10. The topological polar surface area (TPSA) is 70.2 Å². The van der Waals surface area contributed by atoms with Crippen LogP contribution in [0.4, 0.5) is 4.79 Å². The third-order valence-corrected chi connectivity index (χ3v) is 4.12. The molecular formula is C14H18BrN3O2. The first-order valence-corrected chi connectivity index (χ1v) is 7.49. The Balaban J connectivity index is 1.77. The molecule has 0 unspecified atom stereocenters. The quantitative estimate of drug-likeness (QED) is 0.786. The lowest BCUT2D eigenvalue weighted by atomic mass is 9.97. The van der Waals surface area contributed by atoms with Crippen LogP contribution in [-0.2, 0) is 11.3 Å². The van der Waals surface area contributed by atoms with Gasteiger partial charge in [-0.15, -0.1) is 0 Å². The van der Waals surface area contributed by atoms with E-state index in [1.54, 1.807) is 0 Å². The molecule has 5 nitrogen and oxygen atoms in total. The summed E-state index contributed by atoms with van der Waals surface area (Å²) in [5, 5.41) is 8.29. The van der Waals surface area contributed by atoms with Crippen molar-refractivity contribution in [2.45, 2.75) is 19.4 Å². The summed E-state index contributed by atoms with van der Waals surface area (Å²) >= 11 is 3.41. The number of halogens is 1. The molecule has 108 valence electrons. The molecule has 6 heteroatoms. The molecule has 3 amide bonds. The molecule has 1 aliphatic heterocycles. The van der Waals surface area contributed by atoms with Crippen molar-refractivity contribution in [3.8, 4) is 0 Å². The summed E-state index contributed by atoms with van der Waals surface area (Å²) in [6, 6.07) is 7.20. The largest absolute Gasteiger partial charge is 0.334 e. The fourth-order valence-corrected chi connectivity index (χ4v) is 2.58. The van der Waals surface area contributed by atoms with Crippen LogP contribution in [0.15, 0.2) is 28.7 Å². The van der Waals surface area contributed by atoms with Crippen LogP contribution in [0.3, 0.4) is 0 Å². The van der Waals surface area contributed by atoms with Crippen LogP contribution >= 0.6 is 15.9 Å². The van der Waals surface area contributed by atoms with Gasteiger partial charge in [0.15, 0.2) is 0 Å². The minimum atomic E-state index is -0.440. The number of rotatable bonds is 3. The predicted molar refractivity (Wildman–Crippen MR) is 80.1 cm³/mol. The Bertz CT molecular complexity index is 487. The molecular weight excluding hydrogens is 322 g/mol. The summed E-state index contributed by atoms with van der Waals surface area (Å²) in [6.07, 6.45) is 1.56. The molecule has 0 radical (unpaired) electrons. The Morgan fingerprint density at radius 1 is 1.25 bits per heavy atom. The number of hydrogen-bond donors (Lipinski definition) is 3. The van der Waals surface area contributed by atoms with Crippen LogP contribution in [0.2, 0.25) is 0 Å². The second-order valence-corrected chi connectivity index (χ2v) is 5.64. The van der Waals surface area contributed by atoms with Crippen molar-refractivity contribution >= 4 is 27.9 Å². The van der Waals surface area contributed by atoms with Gasteiger partial charge in [0.05, 0.1) is 0 Å². The number of imide groups is 1. The molecule has 1 aliphatic rings. The number of urea groups is 1. The number of nitrogens with one attached hydrogen (secondary N) is 3. The Hall–Kier alpha value is -1.40. The molecule has 1 aromatic carbocycles. The van der Waals surface area contributed by atoms with Crippen molar-refractivity contribution < 1.29 is 9.59 Å². The molecule has 3 N–H and O–H groups in total. The zero-order chi connectivity index (χ0) is 14.4. The Kier molecular flexibility index (Phi) is 5.55. The van der Waals surface area contributed by atoms with E-state index in [1.807, 2.05) is 24.3 Å². The summed E-state index contributed by atoms with van der Waals surface area (Å²) in [6.45, 7) is 2.04. The van der Waals surface area contributed by atoms with Gasteiger partial charge in [0.1, 0.15) is 0 Å². The van der Waals surface area contributed by atoms with Crippen LogP contribution in [0.1, 0.15) is 18.4 Å². The number of hydrogen-bond acceptors (Lipinski definition) is 3. The van der Waals surface area contributed by atoms with E-state index in [4.69, 9.17) is 0 Å². The van der Waals surface area contributed by atoms with Crippen molar-refractivity contribution in [3.05, 3.63) is 34.3 Å². The molecule has 20 heavy (non-hydrogen) atoms. The maximum absolute atomic E-state index is 11.9. The maximum atomic E-state index is 11.9. The van der Waals surface area contributed by atoms with E-state index >= 15 is 0 Å². The highest BCUT2D eigenvalue weighted by Crippen LogP contribution is 2.15. The third-order valence-electron chi connectivity index (χ3n) is 3.34. The molecule has 2 rings (SSSR count). The predicted octanol–water partition coefficient (Wildman–Crippen LogP) is 1.77. The molecule has 1 aromatic rings. The standard InChI is InChI=1S/C14H18BrN3O2/c15-12-4-2-1-3-11(12)9-17-14(20)18-13(19)10-5-7-16-8-6-10/h1-4,10,16H,5-9H2,(H2,17,18,19,20). The number of amides is 3. The van der Waals surface area contributed by atoms with E-state index < -0.39 is 6.03 Å². The van der Waals surface area contributed by atoms with Crippen LogP contribution in [0.5, 0.6) is 0 Å². The molecule has 1 fully saturated rings. The molecule has 0 atom stereocenters. The second-order valence-electron chi connectivity index (χ2n) is 4.79. The normalized spacial score (nSPS) is 15.7. The third kappa shape index (κ3) is 4.31. The molecule has 0 aromatic heterocycles. The van der Waals surface area contributed by atoms with E-state index in [0.717, 1.165) is 36.0 Å². The molecule has 0 bridgehead atoms. The Morgan fingerprint density at radius 3 is 2.65 bits per heavy atom. The van der Waals surface area contributed by atoms with Crippen LogP contribution < -0.4 is 16.0 Å². The minimum Gasteiger partial charge on any atom is -0.334 e. The monoisotopic (exact) mass is 339 g/mol. The maximum Gasteiger partial charge on any atom is 0.321 e. The number of carbonyl (C=O) groups excluding carboxylic acids is 2. The average Bonchev–Trinajstić information content (AvgIpc) is 2.47. The lowest BCUT2D eigenvalue weighted by Gasteiger charge is -2.21. The van der Waals surface area contributed by atoms with Crippen molar-refractivity contribution in [1.29, 1.82) is 0 Å². The van der Waals surface area contributed by atoms with E-state index in [1.165, 1.54) is 0 Å². The average molecular weight is 340 g/mol. The second kappa shape index (κ2) is 7.40. The van der Waals surface area contributed by atoms with Gasteiger partial charge in [-0.1, -0.05) is 34.1 Å². The van der Waals surface area contributed by atoms with E-state index in [-0.39, 0.29) is 11.8 Å². The van der Waals surface area contributed by atoms with Gasteiger partial charge in [-0.3, -0.25) is 10.1 Å². The Morgan fingerprint density at radius 2 is 1.95 bits per heavy atom. The SMILES string of the molecule is O=C(NCc1ccccc1Br)NC(=O)C1CCNCC1. The lowest BCUT2D eigenvalue weighted by Crippen LogP contribution is -2.44. The van der Waals surface area contributed by atoms with Gasteiger partial charge in [-0.2, -0.15) is 0 Å². The van der Waals surface area contributed by atoms with Gasteiger partial charge in [-0.25, -0.2) is 4.79 Å². The minimum absolute atomic E-state index is 0.0644. The van der Waals surface area contributed by atoms with Gasteiger partial charge in [0.25, 0.3) is 0 Å². The van der Waals surface area contributed by atoms with Crippen LogP contribution in [0, 0.1) is 5.92 Å². The highest BCUT2D eigenvalue weighted by atomic mass is 79.9. The fraction of sp³-hybridized carbons (Fsp3) is 0.429. The molecule has 0 saturated carbocycles. The summed E-state index contributed by atoms with van der Waals surface area (Å²) in [5.74, 6) is -0.249. The summed E-state index contributed by atoms with van der Waals surface area (Å²) in [7, 11) is 0. The molecule has 0 aliphatic carbocycles. The zero-order valence-corrected chi connectivity index (χ0v) is 12.7. The summed E-state index contributed by atoms with van der Waals surface area (Å²) in [4.78, 5) is 23.6. The number of piperidine rings is 1.